The first-order valence-electron chi connectivity index (χ1n) is 6.79. The SMILES string of the molecule is CCCSCc1noc(CC2(C(=O)O)CCCC2)n1. The molecule has 1 fully saturated rings. The quantitative estimate of drug-likeness (QED) is 0.776. The Hall–Kier alpha value is -1.04. The van der Waals surface area contributed by atoms with E-state index in [0.29, 0.717) is 31.0 Å². The van der Waals surface area contributed by atoms with Gasteiger partial charge in [0.1, 0.15) is 0 Å². The highest BCUT2D eigenvalue weighted by atomic mass is 32.2. The molecule has 1 N–H and O–H groups in total. The third kappa shape index (κ3) is 3.49. The third-order valence-corrected chi connectivity index (χ3v) is 4.75. The van der Waals surface area contributed by atoms with Crippen molar-refractivity contribution in [1.29, 1.82) is 0 Å². The molecule has 0 atom stereocenters. The second kappa shape index (κ2) is 6.41. The minimum atomic E-state index is -0.731. The van der Waals surface area contributed by atoms with E-state index < -0.39 is 11.4 Å². The molecule has 0 radical (unpaired) electrons. The van der Waals surface area contributed by atoms with E-state index in [4.69, 9.17) is 4.52 Å². The highest BCUT2D eigenvalue weighted by molar-refractivity contribution is 7.98. The van der Waals surface area contributed by atoms with Crippen LogP contribution in [0.5, 0.6) is 0 Å². The zero-order valence-electron chi connectivity index (χ0n) is 11.2. The summed E-state index contributed by atoms with van der Waals surface area (Å²) in [4.78, 5) is 15.8. The number of carboxylic acid groups (broad SMARTS) is 1. The van der Waals surface area contributed by atoms with Gasteiger partial charge in [0.05, 0.1) is 11.2 Å². The van der Waals surface area contributed by atoms with Crippen molar-refractivity contribution < 1.29 is 14.4 Å². The van der Waals surface area contributed by atoms with Crippen LogP contribution in [0.4, 0.5) is 0 Å². The summed E-state index contributed by atoms with van der Waals surface area (Å²) in [5.74, 6) is 2.22. The average Bonchev–Trinajstić information content (AvgIpc) is 3.01. The van der Waals surface area contributed by atoms with Crippen molar-refractivity contribution >= 4 is 17.7 Å². The van der Waals surface area contributed by atoms with Crippen molar-refractivity contribution in [2.45, 2.75) is 51.2 Å². The first-order chi connectivity index (χ1) is 9.16. The van der Waals surface area contributed by atoms with Crippen LogP contribution in [0.1, 0.15) is 50.7 Å². The summed E-state index contributed by atoms with van der Waals surface area (Å²) in [5, 5.41) is 13.3. The lowest BCUT2D eigenvalue weighted by Crippen LogP contribution is -2.30. The Morgan fingerprint density at radius 1 is 1.47 bits per heavy atom. The molecule has 5 nitrogen and oxygen atoms in total. The van der Waals surface area contributed by atoms with Gasteiger partial charge < -0.3 is 9.63 Å². The number of hydrogen-bond acceptors (Lipinski definition) is 5. The van der Waals surface area contributed by atoms with E-state index in [1.807, 2.05) is 0 Å². The van der Waals surface area contributed by atoms with Gasteiger partial charge in [-0.2, -0.15) is 16.7 Å². The highest BCUT2D eigenvalue weighted by Crippen LogP contribution is 2.40. The molecule has 0 aromatic carbocycles. The molecule has 1 aliphatic rings. The Morgan fingerprint density at radius 3 is 2.84 bits per heavy atom. The summed E-state index contributed by atoms with van der Waals surface area (Å²) in [6, 6.07) is 0. The highest BCUT2D eigenvalue weighted by Gasteiger charge is 2.42. The molecular formula is C13H20N2O3S. The van der Waals surface area contributed by atoms with Crippen LogP contribution in [-0.4, -0.2) is 27.0 Å². The maximum absolute atomic E-state index is 11.5. The predicted molar refractivity (Wildman–Crippen MR) is 73.0 cm³/mol. The van der Waals surface area contributed by atoms with Crippen molar-refractivity contribution in [2.24, 2.45) is 5.41 Å². The lowest BCUT2D eigenvalue weighted by atomic mass is 9.83. The number of nitrogens with zero attached hydrogens (tertiary/aromatic N) is 2. The third-order valence-electron chi connectivity index (χ3n) is 3.59. The van der Waals surface area contributed by atoms with Gasteiger partial charge in [-0.05, 0) is 25.0 Å². The number of carbonyl (C=O) groups is 1. The Morgan fingerprint density at radius 2 is 2.21 bits per heavy atom. The van der Waals surface area contributed by atoms with Crippen molar-refractivity contribution in [3.8, 4) is 0 Å². The average molecular weight is 284 g/mol. The van der Waals surface area contributed by atoms with Crippen molar-refractivity contribution in [2.75, 3.05) is 5.75 Å². The molecule has 0 bridgehead atoms. The van der Waals surface area contributed by atoms with E-state index in [9.17, 15) is 9.90 Å². The lowest BCUT2D eigenvalue weighted by molar-refractivity contribution is -0.148. The summed E-state index contributed by atoms with van der Waals surface area (Å²) in [6.45, 7) is 2.13. The molecule has 1 saturated carbocycles. The molecule has 19 heavy (non-hydrogen) atoms. The first kappa shape index (κ1) is 14.4. The minimum Gasteiger partial charge on any atom is -0.481 e. The number of rotatable bonds is 7. The molecule has 106 valence electrons. The number of hydrogen-bond donors (Lipinski definition) is 1. The molecule has 0 saturated heterocycles. The molecule has 2 rings (SSSR count). The fraction of sp³-hybridized carbons (Fsp3) is 0.769. The molecule has 1 heterocycles. The van der Waals surface area contributed by atoms with Gasteiger partial charge in [0.25, 0.3) is 0 Å². The van der Waals surface area contributed by atoms with Crippen LogP contribution >= 0.6 is 11.8 Å². The van der Waals surface area contributed by atoms with E-state index in [2.05, 4.69) is 17.1 Å². The molecule has 1 aliphatic carbocycles. The van der Waals surface area contributed by atoms with Crippen molar-refractivity contribution in [3.05, 3.63) is 11.7 Å². The van der Waals surface area contributed by atoms with Crippen LogP contribution in [0.15, 0.2) is 4.52 Å². The van der Waals surface area contributed by atoms with Crippen LogP contribution in [0.3, 0.4) is 0 Å². The molecule has 0 amide bonds. The summed E-state index contributed by atoms with van der Waals surface area (Å²) in [5.41, 5.74) is -0.680. The van der Waals surface area contributed by atoms with E-state index >= 15 is 0 Å². The number of carboxylic acids is 1. The fourth-order valence-electron chi connectivity index (χ4n) is 2.54. The maximum atomic E-state index is 11.5. The van der Waals surface area contributed by atoms with Crippen LogP contribution in [0, 0.1) is 5.41 Å². The number of aliphatic carboxylic acids is 1. The zero-order chi connectivity index (χ0) is 13.7. The van der Waals surface area contributed by atoms with Crippen LogP contribution < -0.4 is 0 Å². The van der Waals surface area contributed by atoms with E-state index in [1.165, 1.54) is 0 Å². The van der Waals surface area contributed by atoms with Crippen LogP contribution in [-0.2, 0) is 17.0 Å². The normalized spacial score (nSPS) is 17.7. The van der Waals surface area contributed by atoms with Crippen molar-refractivity contribution in [3.63, 3.8) is 0 Å². The molecule has 0 spiro atoms. The standard InChI is InChI=1S/C13H20N2O3S/c1-2-7-19-9-10-14-11(18-15-10)8-13(12(16)17)5-3-4-6-13/h2-9H2,1H3,(H,16,17). The topological polar surface area (TPSA) is 76.2 Å². The predicted octanol–water partition coefficient (Wildman–Crippen LogP) is 2.90. The van der Waals surface area contributed by atoms with Crippen LogP contribution in [0.2, 0.25) is 0 Å². The summed E-state index contributed by atoms with van der Waals surface area (Å²) >= 11 is 1.77. The monoisotopic (exact) mass is 284 g/mol. The number of thioether (sulfide) groups is 1. The fourth-order valence-corrected chi connectivity index (χ4v) is 3.27. The minimum absolute atomic E-state index is 0.369. The molecule has 0 unspecified atom stereocenters. The van der Waals surface area contributed by atoms with Gasteiger partial charge in [-0.3, -0.25) is 4.79 Å². The maximum Gasteiger partial charge on any atom is 0.310 e. The van der Waals surface area contributed by atoms with Gasteiger partial charge in [-0.15, -0.1) is 0 Å². The van der Waals surface area contributed by atoms with E-state index in [0.717, 1.165) is 30.8 Å². The zero-order valence-corrected chi connectivity index (χ0v) is 12.0. The Labute approximate surface area is 117 Å². The summed E-state index contributed by atoms with van der Waals surface area (Å²) in [6.07, 6.45) is 4.86. The largest absolute Gasteiger partial charge is 0.481 e. The first-order valence-corrected chi connectivity index (χ1v) is 7.94. The molecular weight excluding hydrogens is 264 g/mol. The van der Waals surface area contributed by atoms with Gasteiger partial charge >= 0.3 is 5.97 Å². The lowest BCUT2D eigenvalue weighted by Gasteiger charge is -2.21. The Balaban J connectivity index is 1.96. The molecule has 1 aromatic rings. The Bertz CT molecular complexity index is 427. The molecule has 1 aromatic heterocycles. The van der Waals surface area contributed by atoms with Gasteiger partial charge in [-0.1, -0.05) is 24.9 Å². The second-order valence-electron chi connectivity index (χ2n) is 5.13. The number of aromatic nitrogens is 2. The van der Waals surface area contributed by atoms with Crippen molar-refractivity contribution in [1.82, 2.24) is 10.1 Å². The molecule has 0 aliphatic heterocycles. The van der Waals surface area contributed by atoms with E-state index in [-0.39, 0.29) is 0 Å². The van der Waals surface area contributed by atoms with Crippen LogP contribution in [0.25, 0.3) is 0 Å². The van der Waals surface area contributed by atoms with Gasteiger partial charge in [0.15, 0.2) is 5.82 Å². The smallest absolute Gasteiger partial charge is 0.310 e. The summed E-state index contributed by atoms with van der Waals surface area (Å²) < 4.78 is 5.19. The second-order valence-corrected chi connectivity index (χ2v) is 6.23. The van der Waals surface area contributed by atoms with Gasteiger partial charge in [0.2, 0.25) is 5.89 Å². The van der Waals surface area contributed by atoms with Gasteiger partial charge in [-0.25, -0.2) is 0 Å². The summed E-state index contributed by atoms with van der Waals surface area (Å²) in [7, 11) is 0. The van der Waals surface area contributed by atoms with E-state index in [1.54, 1.807) is 11.8 Å². The Kier molecular flexibility index (Phi) is 4.85. The molecule has 6 heteroatoms. The van der Waals surface area contributed by atoms with Gasteiger partial charge in [0, 0.05) is 6.42 Å².